The molecule has 1 aromatic rings. The first-order valence-electron chi connectivity index (χ1n) is 6.44. The topological polar surface area (TPSA) is 74.2 Å². The Balaban J connectivity index is 2.13. The Morgan fingerprint density at radius 2 is 2.21 bits per heavy atom. The molecule has 0 radical (unpaired) electrons. The van der Waals surface area contributed by atoms with Gasteiger partial charge in [-0.3, -0.25) is 4.79 Å². The van der Waals surface area contributed by atoms with E-state index in [1.807, 2.05) is 0 Å². The molecule has 0 bridgehead atoms. The quantitative estimate of drug-likeness (QED) is 0.771. The van der Waals surface area contributed by atoms with Gasteiger partial charge in [0.2, 0.25) is 0 Å². The summed E-state index contributed by atoms with van der Waals surface area (Å²) in [4.78, 5) is 15.9. The third-order valence-electron chi connectivity index (χ3n) is 3.38. The predicted molar refractivity (Wildman–Crippen MR) is 69.5 cm³/mol. The lowest BCUT2D eigenvalue weighted by molar-refractivity contribution is 0.0717. The smallest absolute Gasteiger partial charge is 0.255 e. The maximum Gasteiger partial charge on any atom is 0.255 e. The summed E-state index contributed by atoms with van der Waals surface area (Å²) in [7, 11) is 1.62. The molecule has 0 saturated heterocycles. The monoisotopic (exact) mass is 267 g/mol. The zero-order chi connectivity index (χ0) is 13.8. The van der Waals surface area contributed by atoms with Gasteiger partial charge in [-0.15, -0.1) is 0 Å². The van der Waals surface area contributed by atoms with Crippen molar-refractivity contribution in [3.05, 3.63) is 23.6 Å². The predicted octanol–water partition coefficient (Wildman–Crippen LogP) is 1.30. The number of hydrogen-bond acceptors (Lipinski definition) is 4. The first-order valence-corrected chi connectivity index (χ1v) is 6.44. The Kier molecular flexibility index (Phi) is 4.31. The van der Waals surface area contributed by atoms with Crippen LogP contribution in [0.1, 0.15) is 36.0 Å². The van der Waals surface area contributed by atoms with Crippen LogP contribution in [0, 0.1) is 5.82 Å². The fourth-order valence-corrected chi connectivity index (χ4v) is 2.34. The number of amides is 1. The molecule has 1 saturated carbocycles. The number of halogens is 1. The number of pyridine rings is 1. The van der Waals surface area contributed by atoms with Crippen molar-refractivity contribution in [2.75, 3.05) is 12.4 Å². The summed E-state index contributed by atoms with van der Waals surface area (Å²) in [6, 6.07) is 0.873. The fourth-order valence-electron chi connectivity index (χ4n) is 2.34. The van der Waals surface area contributed by atoms with Crippen molar-refractivity contribution in [3.63, 3.8) is 0 Å². The number of carbonyl (C=O) groups excluding carboxylic acids is 1. The number of aliphatic hydroxyl groups excluding tert-OH is 1. The fraction of sp³-hybridized carbons (Fsp3) is 0.538. The maximum atomic E-state index is 13.2. The molecule has 2 unspecified atom stereocenters. The zero-order valence-corrected chi connectivity index (χ0v) is 10.8. The van der Waals surface area contributed by atoms with Crippen molar-refractivity contribution in [3.8, 4) is 0 Å². The molecule has 1 fully saturated rings. The molecule has 104 valence electrons. The molecule has 1 aliphatic carbocycles. The van der Waals surface area contributed by atoms with Crippen LogP contribution in [0.4, 0.5) is 10.2 Å². The summed E-state index contributed by atoms with van der Waals surface area (Å²) in [5, 5.41) is 15.3. The summed E-state index contributed by atoms with van der Waals surface area (Å²) < 4.78 is 13.2. The average Bonchev–Trinajstić information content (AvgIpc) is 2.41. The molecule has 0 aliphatic heterocycles. The standard InChI is InChI=1S/C13H18FN3O2/c1-15-12-9(6-8(14)7-16-12)13(19)17-10-4-2-3-5-11(10)18/h6-7,10-11,18H,2-5H2,1H3,(H,15,16)(H,17,19). The normalized spacial score (nSPS) is 22.9. The van der Waals surface area contributed by atoms with E-state index >= 15 is 0 Å². The zero-order valence-electron chi connectivity index (χ0n) is 10.8. The molecule has 1 amide bonds. The molecule has 1 heterocycles. The van der Waals surface area contributed by atoms with Gasteiger partial charge in [0.15, 0.2) is 0 Å². The molecule has 0 spiro atoms. The lowest BCUT2D eigenvalue weighted by atomic mass is 9.92. The highest BCUT2D eigenvalue weighted by molar-refractivity contribution is 5.98. The molecule has 0 aromatic carbocycles. The van der Waals surface area contributed by atoms with E-state index < -0.39 is 17.8 Å². The minimum Gasteiger partial charge on any atom is -0.391 e. The SMILES string of the molecule is CNc1ncc(F)cc1C(=O)NC1CCCCC1O. The summed E-state index contributed by atoms with van der Waals surface area (Å²) in [5.74, 6) is -0.653. The third kappa shape index (κ3) is 3.20. The van der Waals surface area contributed by atoms with Crippen molar-refractivity contribution < 1.29 is 14.3 Å². The molecular formula is C13H18FN3O2. The largest absolute Gasteiger partial charge is 0.391 e. The molecular weight excluding hydrogens is 249 g/mol. The molecule has 3 N–H and O–H groups in total. The minimum atomic E-state index is -0.562. The van der Waals surface area contributed by atoms with Crippen LogP contribution in [0.3, 0.4) is 0 Å². The minimum absolute atomic E-state index is 0.153. The third-order valence-corrected chi connectivity index (χ3v) is 3.38. The average molecular weight is 267 g/mol. The van der Waals surface area contributed by atoms with Gasteiger partial charge in [0.1, 0.15) is 11.6 Å². The highest BCUT2D eigenvalue weighted by Gasteiger charge is 2.25. The van der Waals surface area contributed by atoms with Crippen molar-refractivity contribution in [1.29, 1.82) is 0 Å². The van der Waals surface area contributed by atoms with Crippen molar-refractivity contribution in [2.45, 2.75) is 37.8 Å². The summed E-state index contributed by atoms with van der Waals surface area (Å²) in [5.41, 5.74) is 0.153. The highest BCUT2D eigenvalue weighted by Crippen LogP contribution is 2.20. The lowest BCUT2D eigenvalue weighted by Gasteiger charge is -2.28. The number of nitrogens with zero attached hydrogens (tertiary/aromatic N) is 1. The van der Waals surface area contributed by atoms with Gasteiger partial charge < -0.3 is 15.7 Å². The highest BCUT2D eigenvalue weighted by atomic mass is 19.1. The Bertz CT molecular complexity index is 467. The van der Waals surface area contributed by atoms with Crippen LogP contribution in [0.15, 0.2) is 12.3 Å². The summed E-state index contributed by atoms with van der Waals surface area (Å²) in [6.45, 7) is 0. The van der Waals surface area contributed by atoms with Crippen LogP contribution < -0.4 is 10.6 Å². The van der Waals surface area contributed by atoms with Gasteiger partial charge in [-0.2, -0.15) is 0 Å². The van der Waals surface area contributed by atoms with Crippen LogP contribution >= 0.6 is 0 Å². The number of hydrogen-bond donors (Lipinski definition) is 3. The molecule has 2 rings (SSSR count). The van der Waals surface area contributed by atoms with Crippen LogP contribution in [-0.2, 0) is 0 Å². The van der Waals surface area contributed by atoms with Crippen molar-refractivity contribution in [1.82, 2.24) is 10.3 Å². The Morgan fingerprint density at radius 3 is 2.89 bits per heavy atom. The van der Waals surface area contributed by atoms with Gasteiger partial charge in [0, 0.05) is 7.05 Å². The van der Waals surface area contributed by atoms with Crippen LogP contribution in [0.2, 0.25) is 0 Å². The first kappa shape index (κ1) is 13.7. The van der Waals surface area contributed by atoms with Gasteiger partial charge in [-0.05, 0) is 18.9 Å². The van der Waals surface area contributed by atoms with E-state index in [0.29, 0.717) is 12.2 Å². The van der Waals surface area contributed by atoms with Gasteiger partial charge in [0.25, 0.3) is 5.91 Å². The van der Waals surface area contributed by atoms with Gasteiger partial charge in [0.05, 0.1) is 23.9 Å². The summed E-state index contributed by atoms with van der Waals surface area (Å²) >= 11 is 0. The molecule has 6 heteroatoms. The lowest BCUT2D eigenvalue weighted by Crippen LogP contribution is -2.45. The van der Waals surface area contributed by atoms with Crippen molar-refractivity contribution >= 4 is 11.7 Å². The Labute approximate surface area is 111 Å². The van der Waals surface area contributed by atoms with Gasteiger partial charge in [-0.1, -0.05) is 12.8 Å². The molecule has 1 aromatic heterocycles. The van der Waals surface area contributed by atoms with E-state index in [9.17, 15) is 14.3 Å². The maximum absolute atomic E-state index is 13.2. The van der Waals surface area contributed by atoms with E-state index in [4.69, 9.17) is 0 Å². The first-order chi connectivity index (χ1) is 9.11. The molecule has 5 nitrogen and oxygen atoms in total. The van der Waals surface area contributed by atoms with E-state index in [1.54, 1.807) is 7.05 Å². The van der Waals surface area contributed by atoms with E-state index in [1.165, 1.54) is 0 Å². The number of anilines is 1. The molecule has 19 heavy (non-hydrogen) atoms. The second kappa shape index (κ2) is 5.97. The second-order valence-electron chi connectivity index (χ2n) is 4.73. The number of nitrogens with one attached hydrogen (secondary N) is 2. The Morgan fingerprint density at radius 1 is 1.47 bits per heavy atom. The number of carbonyl (C=O) groups is 1. The Hall–Kier alpha value is -1.69. The van der Waals surface area contributed by atoms with Crippen LogP contribution in [0.25, 0.3) is 0 Å². The van der Waals surface area contributed by atoms with Gasteiger partial charge >= 0.3 is 0 Å². The van der Waals surface area contributed by atoms with Crippen LogP contribution in [-0.4, -0.2) is 35.2 Å². The van der Waals surface area contributed by atoms with Gasteiger partial charge in [-0.25, -0.2) is 9.37 Å². The number of aliphatic hydroxyl groups is 1. The van der Waals surface area contributed by atoms with E-state index in [2.05, 4.69) is 15.6 Å². The number of aromatic nitrogens is 1. The van der Waals surface area contributed by atoms with Crippen LogP contribution in [0.5, 0.6) is 0 Å². The number of rotatable bonds is 3. The summed E-state index contributed by atoms with van der Waals surface area (Å²) in [6.07, 6.45) is 3.89. The van der Waals surface area contributed by atoms with Crippen molar-refractivity contribution in [2.24, 2.45) is 0 Å². The van der Waals surface area contributed by atoms with E-state index in [0.717, 1.165) is 31.5 Å². The molecule has 2 atom stereocenters. The molecule has 1 aliphatic rings. The van der Waals surface area contributed by atoms with E-state index in [-0.39, 0.29) is 11.6 Å². The second-order valence-corrected chi connectivity index (χ2v) is 4.73.